The summed E-state index contributed by atoms with van der Waals surface area (Å²) in [6.07, 6.45) is 3.20. The van der Waals surface area contributed by atoms with Crippen LogP contribution in [-0.2, 0) is 10.2 Å². The zero-order valence-corrected chi connectivity index (χ0v) is 12.6. The van der Waals surface area contributed by atoms with E-state index in [4.69, 9.17) is 0 Å². The van der Waals surface area contributed by atoms with E-state index in [-0.39, 0.29) is 11.5 Å². The lowest BCUT2D eigenvalue weighted by molar-refractivity contribution is -0.139. The zero-order chi connectivity index (χ0) is 14.8. The molecule has 110 valence electrons. The van der Waals surface area contributed by atoms with Crippen molar-refractivity contribution < 1.29 is 9.90 Å². The van der Waals surface area contributed by atoms with Crippen LogP contribution in [0.15, 0.2) is 24.3 Å². The molecule has 0 aromatic heterocycles. The van der Waals surface area contributed by atoms with Crippen molar-refractivity contribution >= 4 is 5.97 Å². The zero-order valence-electron chi connectivity index (χ0n) is 12.6. The van der Waals surface area contributed by atoms with Gasteiger partial charge in [-0.05, 0) is 35.9 Å². The van der Waals surface area contributed by atoms with E-state index in [2.05, 4.69) is 38.2 Å². The van der Waals surface area contributed by atoms with E-state index >= 15 is 0 Å². The van der Waals surface area contributed by atoms with Crippen LogP contribution in [0.4, 0.5) is 0 Å². The topological polar surface area (TPSA) is 49.3 Å². The maximum absolute atomic E-state index is 11.6. The number of hydrogen-bond donors (Lipinski definition) is 2. The highest BCUT2D eigenvalue weighted by molar-refractivity contribution is 5.77. The molecule has 0 radical (unpaired) electrons. The van der Waals surface area contributed by atoms with Crippen molar-refractivity contribution in [3.63, 3.8) is 0 Å². The molecule has 1 fully saturated rings. The summed E-state index contributed by atoms with van der Waals surface area (Å²) in [6, 6.07) is 8.15. The third-order valence-corrected chi connectivity index (χ3v) is 4.15. The molecule has 2 N–H and O–H groups in total. The summed E-state index contributed by atoms with van der Waals surface area (Å²) >= 11 is 0. The van der Waals surface area contributed by atoms with Crippen molar-refractivity contribution in [1.82, 2.24) is 5.32 Å². The van der Waals surface area contributed by atoms with Crippen LogP contribution >= 0.6 is 0 Å². The molecule has 20 heavy (non-hydrogen) atoms. The number of benzene rings is 1. The van der Waals surface area contributed by atoms with Crippen LogP contribution in [0.1, 0.15) is 57.1 Å². The summed E-state index contributed by atoms with van der Waals surface area (Å²) in [5.41, 5.74) is 2.24. The van der Waals surface area contributed by atoms with E-state index in [0.717, 1.165) is 31.4 Å². The number of piperidine rings is 1. The molecule has 3 heteroatoms. The van der Waals surface area contributed by atoms with Gasteiger partial charge in [0.15, 0.2) is 0 Å². The molecule has 2 unspecified atom stereocenters. The number of carbonyl (C=O) groups is 1. The Kier molecular flexibility index (Phi) is 4.48. The fraction of sp³-hybridized carbons (Fsp3) is 0.588. The highest BCUT2D eigenvalue weighted by Crippen LogP contribution is 2.28. The monoisotopic (exact) mass is 275 g/mol. The van der Waals surface area contributed by atoms with Gasteiger partial charge in [0.1, 0.15) is 0 Å². The number of aliphatic carboxylic acids is 1. The minimum absolute atomic E-state index is 0.0572. The first-order valence-corrected chi connectivity index (χ1v) is 7.46. The highest BCUT2D eigenvalue weighted by Gasteiger charge is 2.30. The molecule has 1 aliphatic heterocycles. The van der Waals surface area contributed by atoms with Crippen molar-refractivity contribution in [1.29, 1.82) is 0 Å². The predicted molar refractivity (Wildman–Crippen MR) is 81.2 cm³/mol. The van der Waals surface area contributed by atoms with Gasteiger partial charge in [-0.3, -0.25) is 4.79 Å². The molecule has 0 bridgehead atoms. The van der Waals surface area contributed by atoms with Gasteiger partial charge in [-0.1, -0.05) is 51.5 Å². The smallest absolute Gasteiger partial charge is 0.312 e. The molecule has 2 atom stereocenters. The van der Waals surface area contributed by atoms with Crippen LogP contribution in [0.5, 0.6) is 0 Å². The summed E-state index contributed by atoms with van der Waals surface area (Å²) in [7, 11) is 0. The van der Waals surface area contributed by atoms with Crippen molar-refractivity contribution in [3.05, 3.63) is 35.4 Å². The molecule has 0 saturated carbocycles. The van der Waals surface area contributed by atoms with Gasteiger partial charge in [-0.25, -0.2) is 0 Å². The molecule has 0 amide bonds. The summed E-state index contributed by atoms with van der Waals surface area (Å²) in [6.45, 7) is 7.42. The molecule has 1 aromatic carbocycles. The molecule has 3 nitrogen and oxygen atoms in total. The van der Waals surface area contributed by atoms with Crippen LogP contribution in [0.3, 0.4) is 0 Å². The van der Waals surface area contributed by atoms with Crippen LogP contribution in [0.25, 0.3) is 0 Å². The van der Waals surface area contributed by atoms with Gasteiger partial charge in [-0.2, -0.15) is 0 Å². The second-order valence-corrected chi connectivity index (χ2v) is 6.74. The number of rotatable bonds is 3. The quantitative estimate of drug-likeness (QED) is 0.890. The third-order valence-electron chi connectivity index (χ3n) is 4.15. The Morgan fingerprint density at radius 3 is 2.35 bits per heavy atom. The third kappa shape index (κ3) is 3.40. The molecular weight excluding hydrogens is 250 g/mol. The average molecular weight is 275 g/mol. The van der Waals surface area contributed by atoms with Crippen molar-refractivity contribution in [2.75, 3.05) is 6.54 Å². The minimum atomic E-state index is -0.729. The first kappa shape index (κ1) is 15.0. The normalized spacial score (nSPS) is 21.4. The molecule has 0 aliphatic carbocycles. The van der Waals surface area contributed by atoms with Gasteiger partial charge in [0.05, 0.1) is 5.92 Å². The maximum atomic E-state index is 11.6. The fourth-order valence-corrected chi connectivity index (χ4v) is 2.90. The van der Waals surface area contributed by atoms with E-state index in [1.165, 1.54) is 5.56 Å². The van der Waals surface area contributed by atoms with Crippen LogP contribution in [0, 0.1) is 0 Å². The van der Waals surface area contributed by atoms with Gasteiger partial charge < -0.3 is 10.4 Å². The minimum Gasteiger partial charge on any atom is -0.481 e. The Morgan fingerprint density at radius 2 is 1.90 bits per heavy atom. The summed E-state index contributed by atoms with van der Waals surface area (Å²) in [4.78, 5) is 11.6. The van der Waals surface area contributed by atoms with Gasteiger partial charge in [-0.15, -0.1) is 0 Å². The number of nitrogens with one attached hydrogen (secondary N) is 1. The predicted octanol–water partition coefficient (Wildman–Crippen LogP) is 3.29. The van der Waals surface area contributed by atoms with E-state index < -0.39 is 11.9 Å². The maximum Gasteiger partial charge on any atom is 0.312 e. The van der Waals surface area contributed by atoms with Gasteiger partial charge in [0.2, 0.25) is 0 Å². The Bertz CT molecular complexity index is 453. The van der Waals surface area contributed by atoms with E-state index in [1.807, 2.05) is 12.1 Å². The first-order chi connectivity index (χ1) is 9.39. The first-order valence-electron chi connectivity index (χ1n) is 7.46. The van der Waals surface area contributed by atoms with Gasteiger partial charge in [0, 0.05) is 6.04 Å². The summed E-state index contributed by atoms with van der Waals surface area (Å²) in [5, 5.41) is 12.9. The average Bonchev–Trinajstić information content (AvgIpc) is 2.39. The second kappa shape index (κ2) is 5.96. The molecule has 1 saturated heterocycles. The van der Waals surface area contributed by atoms with Crippen molar-refractivity contribution in [2.45, 2.75) is 57.4 Å². The fourth-order valence-electron chi connectivity index (χ4n) is 2.90. The van der Waals surface area contributed by atoms with Crippen molar-refractivity contribution in [3.8, 4) is 0 Å². The lowest BCUT2D eigenvalue weighted by Gasteiger charge is -2.29. The highest BCUT2D eigenvalue weighted by atomic mass is 16.4. The second-order valence-electron chi connectivity index (χ2n) is 6.74. The SMILES string of the molecule is CC(C)(C)c1ccc(C(C(=O)O)C2CCCCN2)cc1. The van der Waals surface area contributed by atoms with Crippen LogP contribution in [0.2, 0.25) is 0 Å². The molecular formula is C17H25NO2. The van der Waals surface area contributed by atoms with Crippen LogP contribution < -0.4 is 5.32 Å². The molecule has 1 heterocycles. The largest absolute Gasteiger partial charge is 0.481 e. The summed E-state index contributed by atoms with van der Waals surface area (Å²) in [5.74, 6) is -1.17. The van der Waals surface area contributed by atoms with E-state index in [1.54, 1.807) is 0 Å². The Balaban J connectivity index is 2.23. The van der Waals surface area contributed by atoms with Crippen molar-refractivity contribution in [2.24, 2.45) is 0 Å². The molecule has 1 aromatic rings. The number of carboxylic acids is 1. The summed E-state index contributed by atoms with van der Waals surface area (Å²) < 4.78 is 0. The Hall–Kier alpha value is -1.35. The lowest BCUT2D eigenvalue weighted by atomic mass is 9.83. The number of hydrogen-bond acceptors (Lipinski definition) is 2. The van der Waals surface area contributed by atoms with E-state index in [0.29, 0.717) is 0 Å². The Morgan fingerprint density at radius 1 is 1.25 bits per heavy atom. The lowest BCUT2D eigenvalue weighted by Crippen LogP contribution is -2.41. The molecule has 0 spiro atoms. The molecule has 1 aliphatic rings. The van der Waals surface area contributed by atoms with Crippen LogP contribution in [-0.4, -0.2) is 23.7 Å². The Labute approximate surface area is 121 Å². The molecule has 2 rings (SSSR count). The standard InChI is InChI=1S/C17H25NO2/c1-17(2,3)13-9-7-12(8-10-13)15(16(19)20)14-6-4-5-11-18-14/h7-10,14-15,18H,4-6,11H2,1-3H3,(H,19,20). The van der Waals surface area contributed by atoms with Gasteiger partial charge in [0.25, 0.3) is 0 Å². The van der Waals surface area contributed by atoms with E-state index in [9.17, 15) is 9.90 Å². The number of carboxylic acid groups (broad SMARTS) is 1. The van der Waals surface area contributed by atoms with Gasteiger partial charge >= 0.3 is 5.97 Å².